The summed E-state index contributed by atoms with van der Waals surface area (Å²) in [7, 11) is 0. The predicted molar refractivity (Wildman–Crippen MR) is 89.5 cm³/mol. The van der Waals surface area contributed by atoms with Crippen molar-refractivity contribution in [1.29, 1.82) is 0 Å². The van der Waals surface area contributed by atoms with Crippen LogP contribution in [0.1, 0.15) is 66.2 Å². The van der Waals surface area contributed by atoms with Crippen LogP contribution in [0.25, 0.3) is 0 Å². The maximum Gasteiger partial charge on any atom is 0.316 e. The van der Waals surface area contributed by atoms with Crippen LogP contribution in [0.2, 0.25) is 0 Å². The molecule has 0 spiro atoms. The van der Waals surface area contributed by atoms with E-state index in [2.05, 4.69) is 26.0 Å². The quantitative estimate of drug-likeness (QED) is 0.391. The first kappa shape index (κ1) is 18.7. The van der Waals surface area contributed by atoms with Gasteiger partial charge >= 0.3 is 5.97 Å². The minimum Gasteiger partial charge on any atom is -0.465 e. The van der Waals surface area contributed by atoms with E-state index < -0.39 is 5.92 Å². The lowest BCUT2D eigenvalue weighted by Gasteiger charge is -2.25. The van der Waals surface area contributed by atoms with E-state index in [1.807, 2.05) is 0 Å². The Morgan fingerprint density at radius 2 is 2.00 bits per heavy atom. The van der Waals surface area contributed by atoms with Crippen LogP contribution in [0.15, 0.2) is 23.3 Å². The van der Waals surface area contributed by atoms with Gasteiger partial charge in [-0.3, -0.25) is 9.59 Å². The molecule has 0 amide bonds. The van der Waals surface area contributed by atoms with Crippen molar-refractivity contribution in [2.75, 3.05) is 6.61 Å². The summed E-state index contributed by atoms with van der Waals surface area (Å²) >= 11 is 0. The number of allylic oxidation sites excluding steroid dienone is 4. The average Bonchev–Trinajstić information content (AvgIpc) is 2.46. The molecule has 124 valence electrons. The maximum absolute atomic E-state index is 11.9. The molecule has 0 aliphatic heterocycles. The van der Waals surface area contributed by atoms with Gasteiger partial charge in [-0.15, -0.1) is 0 Å². The monoisotopic (exact) mass is 306 g/mol. The van der Waals surface area contributed by atoms with Gasteiger partial charge in [0.2, 0.25) is 0 Å². The Morgan fingerprint density at radius 1 is 1.27 bits per heavy atom. The molecule has 0 radical (unpaired) electrons. The molecule has 2 unspecified atom stereocenters. The van der Waals surface area contributed by atoms with Crippen molar-refractivity contribution in [3.63, 3.8) is 0 Å². The Morgan fingerprint density at radius 3 is 2.59 bits per heavy atom. The van der Waals surface area contributed by atoms with E-state index in [-0.39, 0.29) is 11.8 Å². The summed E-state index contributed by atoms with van der Waals surface area (Å²) in [5.41, 5.74) is 2.76. The molecule has 0 saturated heterocycles. The van der Waals surface area contributed by atoms with Crippen molar-refractivity contribution in [2.45, 2.75) is 66.2 Å². The molecule has 0 aromatic rings. The first-order valence-corrected chi connectivity index (χ1v) is 8.45. The second kappa shape index (κ2) is 9.60. The van der Waals surface area contributed by atoms with Crippen molar-refractivity contribution in [2.24, 2.45) is 11.8 Å². The summed E-state index contributed by atoms with van der Waals surface area (Å²) in [5.74, 6) is -0.563. The van der Waals surface area contributed by atoms with Crippen LogP contribution in [0, 0.1) is 11.8 Å². The predicted octanol–water partition coefficient (Wildman–Crippen LogP) is 4.62. The van der Waals surface area contributed by atoms with Gasteiger partial charge in [-0.05, 0) is 65.7 Å². The molecule has 1 saturated carbocycles. The number of rotatable bonds is 7. The van der Waals surface area contributed by atoms with Crippen LogP contribution in [-0.2, 0) is 14.3 Å². The Kier molecular flexibility index (Phi) is 8.15. The smallest absolute Gasteiger partial charge is 0.316 e. The van der Waals surface area contributed by atoms with Crippen LogP contribution in [-0.4, -0.2) is 18.4 Å². The number of ether oxygens (including phenoxy) is 1. The van der Waals surface area contributed by atoms with Gasteiger partial charge in [0.25, 0.3) is 0 Å². The molecule has 1 fully saturated rings. The van der Waals surface area contributed by atoms with Crippen molar-refractivity contribution >= 4 is 11.8 Å². The number of Topliss-reactive ketones (excluding diaryl/α,β-unsaturated/α-hetero) is 1. The lowest BCUT2D eigenvalue weighted by atomic mass is 9.80. The number of carbonyl (C=O) groups is 2. The molecule has 1 aliphatic rings. The summed E-state index contributed by atoms with van der Waals surface area (Å²) in [6.45, 7) is 7.81. The van der Waals surface area contributed by atoms with E-state index in [0.29, 0.717) is 18.9 Å². The zero-order valence-electron chi connectivity index (χ0n) is 14.5. The minimum absolute atomic E-state index is 0.105. The summed E-state index contributed by atoms with van der Waals surface area (Å²) in [4.78, 5) is 23.6. The van der Waals surface area contributed by atoms with Gasteiger partial charge in [0.15, 0.2) is 0 Å². The number of hydrogen-bond acceptors (Lipinski definition) is 3. The van der Waals surface area contributed by atoms with Gasteiger partial charge < -0.3 is 4.74 Å². The van der Waals surface area contributed by atoms with Crippen LogP contribution in [0.3, 0.4) is 0 Å². The summed E-state index contributed by atoms with van der Waals surface area (Å²) in [5, 5.41) is 0. The first-order chi connectivity index (χ1) is 10.5. The highest BCUT2D eigenvalue weighted by Crippen LogP contribution is 2.33. The molecule has 0 bridgehead atoms. The molecule has 0 heterocycles. The van der Waals surface area contributed by atoms with E-state index in [1.54, 1.807) is 6.92 Å². The average molecular weight is 306 g/mol. The second-order valence-electron chi connectivity index (χ2n) is 6.39. The van der Waals surface area contributed by atoms with Gasteiger partial charge in [-0.25, -0.2) is 0 Å². The van der Waals surface area contributed by atoms with Crippen molar-refractivity contribution in [3.8, 4) is 0 Å². The molecule has 1 rings (SSSR count). The molecular weight excluding hydrogens is 276 g/mol. The van der Waals surface area contributed by atoms with Crippen molar-refractivity contribution in [3.05, 3.63) is 23.3 Å². The molecule has 1 aliphatic carbocycles. The molecule has 0 aromatic heterocycles. The fraction of sp³-hybridized carbons (Fsp3) is 0.684. The molecule has 3 nitrogen and oxygen atoms in total. The van der Waals surface area contributed by atoms with Crippen LogP contribution in [0.5, 0.6) is 0 Å². The number of hydrogen-bond donors (Lipinski definition) is 0. The fourth-order valence-corrected chi connectivity index (χ4v) is 2.97. The van der Waals surface area contributed by atoms with E-state index >= 15 is 0 Å². The maximum atomic E-state index is 11.9. The van der Waals surface area contributed by atoms with E-state index in [1.165, 1.54) is 37.3 Å². The number of esters is 1. The largest absolute Gasteiger partial charge is 0.465 e. The summed E-state index contributed by atoms with van der Waals surface area (Å²) in [6, 6.07) is 0. The van der Waals surface area contributed by atoms with E-state index in [0.717, 1.165) is 12.8 Å². The van der Waals surface area contributed by atoms with Gasteiger partial charge in [0.05, 0.1) is 6.61 Å². The SMILES string of the molecule is CCOC(=O)C(C/C=C1\CCCCC1CC=C(C)C)C(C)=O. The normalized spacial score (nSPS) is 21.3. The highest BCUT2D eigenvalue weighted by molar-refractivity contribution is 5.97. The number of carbonyl (C=O) groups excluding carboxylic acids is 2. The third-order valence-corrected chi connectivity index (χ3v) is 4.28. The van der Waals surface area contributed by atoms with Crippen molar-refractivity contribution < 1.29 is 14.3 Å². The number of ketones is 1. The minimum atomic E-state index is -0.640. The molecule has 0 N–H and O–H groups in total. The van der Waals surface area contributed by atoms with Crippen LogP contribution < -0.4 is 0 Å². The standard InChI is InChI=1S/C19H30O3/c1-5-22-19(21)18(15(4)20)13-12-17-9-7-6-8-16(17)11-10-14(2)3/h10,12,16,18H,5-9,11,13H2,1-4H3/b17-12+. The molecule has 3 heteroatoms. The molecular formula is C19H30O3. The third kappa shape index (κ3) is 6.17. The third-order valence-electron chi connectivity index (χ3n) is 4.28. The summed E-state index contributed by atoms with van der Waals surface area (Å²) < 4.78 is 5.01. The van der Waals surface area contributed by atoms with Crippen molar-refractivity contribution in [1.82, 2.24) is 0 Å². The highest BCUT2D eigenvalue weighted by atomic mass is 16.5. The van der Waals surface area contributed by atoms with Gasteiger partial charge in [-0.1, -0.05) is 29.7 Å². The fourth-order valence-electron chi connectivity index (χ4n) is 2.97. The van der Waals surface area contributed by atoms with Crippen LogP contribution >= 0.6 is 0 Å². The van der Waals surface area contributed by atoms with E-state index in [4.69, 9.17) is 4.74 Å². The molecule has 2 atom stereocenters. The van der Waals surface area contributed by atoms with Gasteiger partial charge in [0.1, 0.15) is 11.7 Å². The Labute approximate surface area is 134 Å². The van der Waals surface area contributed by atoms with E-state index in [9.17, 15) is 9.59 Å². The molecule has 22 heavy (non-hydrogen) atoms. The molecule has 0 aromatic carbocycles. The zero-order chi connectivity index (χ0) is 16.5. The lowest BCUT2D eigenvalue weighted by Crippen LogP contribution is -2.24. The first-order valence-electron chi connectivity index (χ1n) is 8.45. The highest BCUT2D eigenvalue weighted by Gasteiger charge is 2.25. The van der Waals surface area contributed by atoms with Crippen LogP contribution in [0.4, 0.5) is 0 Å². The Balaban J connectivity index is 2.75. The van der Waals surface area contributed by atoms with Gasteiger partial charge in [0, 0.05) is 0 Å². The second-order valence-corrected chi connectivity index (χ2v) is 6.39. The zero-order valence-corrected chi connectivity index (χ0v) is 14.5. The Hall–Kier alpha value is -1.38. The Bertz CT molecular complexity index is 442. The topological polar surface area (TPSA) is 43.4 Å². The summed E-state index contributed by atoms with van der Waals surface area (Å²) in [6.07, 6.45) is 10.7. The van der Waals surface area contributed by atoms with Gasteiger partial charge in [-0.2, -0.15) is 0 Å². The lowest BCUT2D eigenvalue weighted by molar-refractivity contribution is -0.150.